The van der Waals surface area contributed by atoms with Crippen LogP contribution in [0.4, 0.5) is 11.6 Å². The van der Waals surface area contributed by atoms with Crippen LogP contribution >= 0.6 is 0 Å². The van der Waals surface area contributed by atoms with E-state index in [9.17, 15) is 8.42 Å². The first-order valence-electron chi connectivity index (χ1n) is 12.1. The van der Waals surface area contributed by atoms with E-state index in [0.717, 1.165) is 58.7 Å². The number of morpholine rings is 1. The van der Waals surface area contributed by atoms with E-state index >= 15 is 0 Å². The minimum atomic E-state index is -3.41. The maximum atomic E-state index is 11.6. The zero-order valence-electron chi connectivity index (χ0n) is 20.7. The molecular weight excluding hydrogens is 502 g/mol. The first-order valence-corrected chi connectivity index (χ1v) is 14.0. The number of fused-ring (bicyclic) bond motifs is 2. The summed E-state index contributed by atoms with van der Waals surface area (Å²) < 4.78 is 33.0. The number of benzene rings is 1. The first-order chi connectivity index (χ1) is 18.4. The highest BCUT2D eigenvalue weighted by Crippen LogP contribution is 2.27. The second-order valence-electron chi connectivity index (χ2n) is 8.99. The van der Waals surface area contributed by atoms with Crippen molar-refractivity contribution in [2.24, 2.45) is 0 Å². The van der Waals surface area contributed by atoms with Gasteiger partial charge in [-0.15, -0.1) is 0 Å². The summed E-state index contributed by atoms with van der Waals surface area (Å²) in [5, 5.41) is 1.09. The summed E-state index contributed by atoms with van der Waals surface area (Å²) >= 11 is 0. The Morgan fingerprint density at radius 3 is 2.53 bits per heavy atom. The van der Waals surface area contributed by atoms with E-state index in [4.69, 9.17) is 19.7 Å². The van der Waals surface area contributed by atoms with Crippen LogP contribution in [-0.4, -0.2) is 65.3 Å². The molecule has 1 aliphatic heterocycles. The fourth-order valence-electron chi connectivity index (χ4n) is 4.42. The molecule has 11 heteroatoms. The summed E-state index contributed by atoms with van der Waals surface area (Å²) in [5.41, 5.74) is 4.81. The van der Waals surface area contributed by atoms with E-state index in [1.165, 1.54) is 0 Å². The number of pyridine rings is 2. The van der Waals surface area contributed by atoms with Crippen molar-refractivity contribution in [1.29, 1.82) is 0 Å². The van der Waals surface area contributed by atoms with Crippen LogP contribution in [0.2, 0.25) is 0 Å². The lowest BCUT2D eigenvalue weighted by atomic mass is 10.2. The van der Waals surface area contributed by atoms with E-state index in [1.54, 1.807) is 24.5 Å². The molecule has 0 bridgehead atoms. The van der Waals surface area contributed by atoms with Crippen LogP contribution in [0.25, 0.3) is 40.0 Å². The van der Waals surface area contributed by atoms with Gasteiger partial charge in [0.2, 0.25) is 10.0 Å². The fraction of sp³-hybridized carbons (Fsp3) is 0.185. The summed E-state index contributed by atoms with van der Waals surface area (Å²) in [6.45, 7) is 2.73. The summed E-state index contributed by atoms with van der Waals surface area (Å²) in [7, 11) is -3.41. The molecule has 5 heterocycles. The highest BCUT2D eigenvalue weighted by atomic mass is 32.2. The molecule has 0 radical (unpaired) electrons. The van der Waals surface area contributed by atoms with Crippen LogP contribution in [0.1, 0.15) is 11.4 Å². The number of anilines is 2. The number of hydrogen-bond acceptors (Lipinski definition) is 8. The normalized spacial score (nSPS) is 14.5. The summed E-state index contributed by atoms with van der Waals surface area (Å²) in [4.78, 5) is 20.8. The predicted molar refractivity (Wildman–Crippen MR) is 148 cm³/mol. The molecule has 1 fully saturated rings. The molecule has 38 heavy (non-hydrogen) atoms. The standard InChI is InChI=1S/C27H25N7O3S/c1-38(35,36)32-25-11-7-20(16-28-25)24-17-29-26(33-12-14-37-15-13-33)27-31-22(18-34(24)27)10-9-21-8-6-19-4-2-3-5-23(19)30-21/h2-11,16-18H,12-15H2,1H3,(H,28,32). The monoisotopic (exact) mass is 527 g/mol. The molecule has 1 aliphatic rings. The van der Waals surface area contributed by atoms with Gasteiger partial charge in [-0.3, -0.25) is 9.12 Å². The van der Waals surface area contributed by atoms with E-state index < -0.39 is 10.0 Å². The summed E-state index contributed by atoms with van der Waals surface area (Å²) in [5.74, 6) is 1.03. The largest absolute Gasteiger partial charge is 0.378 e. The van der Waals surface area contributed by atoms with Crippen LogP contribution in [0.5, 0.6) is 0 Å². The summed E-state index contributed by atoms with van der Waals surface area (Å²) in [6, 6.07) is 15.5. The molecule has 0 saturated carbocycles. The molecule has 0 unspecified atom stereocenters. The molecule has 1 aromatic carbocycles. The lowest BCUT2D eigenvalue weighted by Gasteiger charge is -2.28. The van der Waals surface area contributed by atoms with Crippen molar-refractivity contribution < 1.29 is 13.2 Å². The minimum Gasteiger partial charge on any atom is -0.378 e. The first kappa shape index (κ1) is 24.0. The zero-order chi connectivity index (χ0) is 26.1. The van der Waals surface area contributed by atoms with E-state index in [1.807, 2.05) is 53.1 Å². The van der Waals surface area contributed by atoms with E-state index in [0.29, 0.717) is 18.9 Å². The van der Waals surface area contributed by atoms with Gasteiger partial charge in [0.05, 0.1) is 48.3 Å². The van der Waals surface area contributed by atoms with Gasteiger partial charge >= 0.3 is 0 Å². The van der Waals surface area contributed by atoms with E-state index in [2.05, 4.69) is 20.7 Å². The zero-order valence-corrected chi connectivity index (χ0v) is 21.5. The Hall–Kier alpha value is -4.35. The quantitative estimate of drug-likeness (QED) is 0.355. The van der Waals surface area contributed by atoms with Crippen LogP contribution < -0.4 is 9.62 Å². The molecule has 4 aromatic heterocycles. The summed E-state index contributed by atoms with van der Waals surface area (Å²) in [6.07, 6.45) is 10.3. The molecule has 6 rings (SSSR count). The number of imidazole rings is 1. The Morgan fingerprint density at radius 2 is 1.74 bits per heavy atom. The predicted octanol–water partition coefficient (Wildman–Crippen LogP) is 3.72. The number of nitrogens with zero attached hydrogens (tertiary/aromatic N) is 6. The lowest BCUT2D eigenvalue weighted by molar-refractivity contribution is 0.122. The number of ether oxygens (including phenoxy) is 1. The number of hydrogen-bond donors (Lipinski definition) is 1. The maximum Gasteiger partial charge on any atom is 0.230 e. The molecule has 0 spiro atoms. The highest BCUT2D eigenvalue weighted by Gasteiger charge is 2.19. The highest BCUT2D eigenvalue weighted by molar-refractivity contribution is 7.92. The Labute approximate surface area is 219 Å². The third kappa shape index (κ3) is 5.06. The molecule has 1 saturated heterocycles. The fourth-order valence-corrected chi connectivity index (χ4v) is 4.92. The molecule has 10 nitrogen and oxygen atoms in total. The minimum absolute atomic E-state index is 0.252. The Bertz CT molecular complexity index is 1760. The van der Waals surface area contributed by atoms with E-state index in [-0.39, 0.29) is 5.82 Å². The second-order valence-corrected chi connectivity index (χ2v) is 10.7. The smallest absolute Gasteiger partial charge is 0.230 e. The second kappa shape index (κ2) is 9.84. The van der Waals surface area contributed by atoms with Gasteiger partial charge in [-0.05, 0) is 36.4 Å². The topological polar surface area (TPSA) is 115 Å². The van der Waals surface area contributed by atoms with Crippen molar-refractivity contribution >= 4 is 50.4 Å². The van der Waals surface area contributed by atoms with Crippen molar-refractivity contribution in [1.82, 2.24) is 24.3 Å². The van der Waals surface area contributed by atoms with Gasteiger partial charge < -0.3 is 9.64 Å². The van der Waals surface area contributed by atoms with Gasteiger partial charge in [-0.2, -0.15) is 0 Å². The molecule has 192 valence electrons. The van der Waals surface area contributed by atoms with Gasteiger partial charge in [0.1, 0.15) is 5.82 Å². The number of para-hydroxylation sites is 1. The number of rotatable bonds is 6. The molecule has 1 N–H and O–H groups in total. The van der Waals surface area contributed by atoms with Gasteiger partial charge in [-0.25, -0.2) is 28.4 Å². The molecule has 0 atom stereocenters. The maximum absolute atomic E-state index is 11.6. The SMILES string of the molecule is CS(=O)(=O)Nc1ccc(-c2cnc(N3CCOCC3)c3nc(C=Cc4ccc5ccccc5n4)cn23)cn1. The Kier molecular flexibility index (Phi) is 6.22. The van der Waals surface area contributed by atoms with Gasteiger partial charge in [0, 0.05) is 36.4 Å². The molecular formula is C27H25N7O3S. The number of aromatic nitrogens is 5. The number of nitrogens with one attached hydrogen (secondary N) is 1. The lowest BCUT2D eigenvalue weighted by Crippen LogP contribution is -2.37. The van der Waals surface area contributed by atoms with Gasteiger partial charge in [-0.1, -0.05) is 24.3 Å². The molecule has 5 aromatic rings. The molecule has 0 amide bonds. The van der Waals surface area contributed by atoms with Crippen molar-refractivity contribution in [2.75, 3.05) is 42.2 Å². The third-order valence-corrected chi connectivity index (χ3v) is 6.78. The average Bonchev–Trinajstić information content (AvgIpc) is 3.36. The van der Waals surface area contributed by atoms with Crippen molar-refractivity contribution in [2.45, 2.75) is 0 Å². The average molecular weight is 528 g/mol. The van der Waals surface area contributed by atoms with Gasteiger partial charge in [0.25, 0.3) is 0 Å². The van der Waals surface area contributed by atoms with Crippen LogP contribution in [0.3, 0.4) is 0 Å². The Morgan fingerprint density at radius 1 is 0.921 bits per heavy atom. The van der Waals surface area contributed by atoms with Gasteiger partial charge in [0.15, 0.2) is 11.5 Å². The van der Waals surface area contributed by atoms with Crippen LogP contribution in [0.15, 0.2) is 67.1 Å². The molecule has 0 aliphatic carbocycles. The van der Waals surface area contributed by atoms with Crippen molar-refractivity contribution in [3.63, 3.8) is 0 Å². The van der Waals surface area contributed by atoms with Crippen LogP contribution in [-0.2, 0) is 14.8 Å². The number of sulfonamides is 1. The van der Waals surface area contributed by atoms with Crippen molar-refractivity contribution in [3.05, 3.63) is 78.5 Å². The Balaban J connectivity index is 1.40. The third-order valence-electron chi connectivity index (χ3n) is 6.20. The van der Waals surface area contributed by atoms with Crippen LogP contribution in [0, 0.1) is 0 Å². The van der Waals surface area contributed by atoms with Crippen molar-refractivity contribution in [3.8, 4) is 11.3 Å².